The van der Waals surface area contributed by atoms with E-state index in [4.69, 9.17) is 22.3 Å². The van der Waals surface area contributed by atoms with Gasteiger partial charge in [-0.25, -0.2) is 9.18 Å². The quantitative estimate of drug-likeness (QED) is 0.256. The van der Waals surface area contributed by atoms with Gasteiger partial charge in [-0.3, -0.25) is 4.79 Å². The summed E-state index contributed by atoms with van der Waals surface area (Å²) in [6, 6.07) is 19.4. The lowest BCUT2D eigenvalue weighted by Gasteiger charge is -2.08. The van der Waals surface area contributed by atoms with Crippen molar-refractivity contribution < 1.29 is 23.5 Å². The number of nitrogen functional groups attached to an aromatic ring is 3. The number of benzene rings is 3. The number of amides is 1. The fraction of sp³-hybridized carbons (Fsp3) is 0.0769. The Kier molecular flexibility index (Phi) is 9.41. The molecule has 4 rings (SSSR count). The van der Waals surface area contributed by atoms with Crippen molar-refractivity contribution in [1.29, 1.82) is 0 Å². The van der Waals surface area contributed by atoms with Crippen LogP contribution >= 0.6 is 0 Å². The van der Waals surface area contributed by atoms with Gasteiger partial charge in [0.1, 0.15) is 5.82 Å². The van der Waals surface area contributed by atoms with Crippen molar-refractivity contribution in [2.45, 2.75) is 13.8 Å². The van der Waals surface area contributed by atoms with Crippen molar-refractivity contribution in [3.63, 3.8) is 0 Å². The van der Waals surface area contributed by atoms with Gasteiger partial charge in [-0.15, -0.1) is 0 Å². The molecular weight excluding hydrogens is 451 g/mol. The number of rotatable bonds is 3. The molecule has 3 aromatic carbocycles. The molecule has 4 aromatic rings. The zero-order valence-corrected chi connectivity index (χ0v) is 19.3. The minimum atomic E-state index is -1.03. The largest absolute Gasteiger partial charge is 0.475 e. The van der Waals surface area contributed by atoms with E-state index >= 15 is 0 Å². The Morgan fingerprint density at radius 3 is 1.97 bits per heavy atom. The normalized spacial score (nSPS) is 9.69. The molecule has 0 spiro atoms. The van der Waals surface area contributed by atoms with Crippen molar-refractivity contribution >= 4 is 34.6 Å². The van der Waals surface area contributed by atoms with Crippen LogP contribution in [-0.2, 0) is 0 Å². The van der Waals surface area contributed by atoms with E-state index in [1.54, 1.807) is 36.4 Å². The molecule has 8 nitrogen and oxygen atoms in total. The highest BCUT2D eigenvalue weighted by molar-refractivity contribution is 6.04. The van der Waals surface area contributed by atoms with Gasteiger partial charge < -0.3 is 32.0 Å². The predicted molar refractivity (Wildman–Crippen MR) is 136 cm³/mol. The van der Waals surface area contributed by atoms with Gasteiger partial charge in [0.25, 0.3) is 5.91 Å². The lowest BCUT2D eigenvalue weighted by molar-refractivity contribution is 0.0662. The molecule has 9 heteroatoms. The van der Waals surface area contributed by atoms with E-state index in [9.17, 15) is 14.0 Å². The Hall–Kier alpha value is -4.79. The predicted octanol–water partition coefficient (Wildman–Crippen LogP) is 5.11. The second-order valence-corrected chi connectivity index (χ2v) is 7.40. The molecule has 1 heterocycles. The number of furan rings is 1. The zero-order valence-electron chi connectivity index (χ0n) is 19.3. The number of halogens is 1. The molecule has 0 saturated heterocycles. The van der Waals surface area contributed by atoms with Gasteiger partial charge in [-0.1, -0.05) is 12.1 Å². The first-order valence-corrected chi connectivity index (χ1v) is 10.4. The van der Waals surface area contributed by atoms with Gasteiger partial charge >= 0.3 is 5.97 Å². The monoisotopic (exact) mass is 478 g/mol. The minimum absolute atomic E-state index is 0.0204. The maximum atomic E-state index is 13.4. The van der Waals surface area contributed by atoms with Gasteiger partial charge in [0.2, 0.25) is 5.76 Å². The van der Waals surface area contributed by atoms with Crippen LogP contribution < -0.4 is 22.5 Å². The molecule has 182 valence electrons. The molecule has 0 fully saturated rings. The van der Waals surface area contributed by atoms with E-state index in [1.807, 2.05) is 26.0 Å². The van der Waals surface area contributed by atoms with Crippen LogP contribution in [0.2, 0.25) is 0 Å². The summed E-state index contributed by atoms with van der Waals surface area (Å²) in [6.45, 7) is 3.78. The molecule has 0 atom stereocenters. The number of hydrogen-bond donors (Lipinski definition) is 5. The number of carbonyl (C=O) groups is 2. The van der Waals surface area contributed by atoms with Crippen LogP contribution in [0.15, 0.2) is 83.5 Å². The average molecular weight is 479 g/mol. The second-order valence-electron chi connectivity index (χ2n) is 7.40. The second kappa shape index (κ2) is 12.4. The summed E-state index contributed by atoms with van der Waals surface area (Å²) in [5.74, 6) is -2.07. The Morgan fingerprint density at radius 1 is 0.857 bits per heavy atom. The Balaban J connectivity index is 0.000000211. The number of nitrogens with one attached hydrogen (secondary N) is 1. The lowest BCUT2D eigenvalue weighted by Crippen LogP contribution is -2.13. The molecular formula is C26H27FN4O4. The first-order chi connectivity index (χ1) is 16.6. The maximum Gasteiger partial charge on any atom is 0.371 e. The number of carboxylic acids is 1. The van der Waals surface area contributed by atoms with Crippen LogP contribution in [0.3, 0.4) is 0 Å². The van der Waals surface area contributed by atoms with Crippen LogP contribution in [0.4, 0.5) is 27.1 Å². The summed E-state index contributed by atoms with van der Waals surface area (Å²) in [4.78, 5) is 21.8. The summed E-state index contributed by atoms with van der Waals surface area (Å²) >= 11 is 0. The molecule has 35 heavy (non-hydrogen) atoms. The number of nitrogens with two attached hydrogens (primary N) is 3. The first-order valence-electron chi connectivity index (χ1n) is 10.4. The van der Waals surface area contributed by atoms with Crippen molar-refractivity contribution in [2.24, 2.45) is 0 Å². The number of carbonyl (C=O) groups excluding carboxylic acids is 1. The molecule has 0 saturated carbocycles. The smallest absolute Gasteiger partial charge is 0.371 e. The van der Waals surface area contributed by atoms with Gasteiger partial charge in [0.15, 0.2) is 0 Å². The van der Waals surface area contributed by atoms with Gasteiger partial charge in [-0.2, -0.15) is 0 Å². The highest BCUT2D eigenvalue weighted by Crippen LogP contribution is 2.18. The zero-order chi connectivity index (χ0) is 26.0. The fourth-order valence-electron chi connectivity index (χ4n) is 2.70. The van der Waals surface area contributed by atoms with E-state index in [0.29, 0.717) is 11.4 Å². The van der Waals surface area contributed by atoms with Gasteiger partial charge in [0, 0.05) is 22.7 Å². The van der Waals surface area contributed by atoms with Crippen LogP contribution in [-0.4, -0.2) is 17.0 Å². The average Bonchev–Trinajstić information content (AvgIpc) is 3.36. The topological polar surface area (TPSA) is 158 Å². The van der Waals surface area contributed by atoms with E-state index in [-0.39, 0.29) is 11.3 Å². The van der Waals surface area contributed by atoms with Gasteiger partial charge in [-0.05, 0) is 85.6 Å². The highest BCUT2D eigenvalue weighted by atomic mass is 19.1. The van der Waals surface area contributed by atoms with E-state index in [2.05, 4.69) is 9.73 Å². The van der Waals surface area contributed by atoms with Crippen molar-refractivity contribution in [3.05, 3.63) is 107 Å². The lowest BCUT2D eigenvalue weighted by atomic mass is 10.1. The summed E-state index contributed by atoms with van der Waals surface area (Å²) in [5, 5.41) is 10.8. The maximum absolute atomic E-state index is 13.4. The third-order valence-electron chi connectivity index (χ3n) is 4.67. The standard InChI is InChI=1S/C14H13FN2O.C7H10N2.C5H4O3/c1-9-8-10(6-7-13(9)16)17-14(18)11-4-2-3-5-12(11)15;1-5-4-6(8)2-3-7(5)9;6-5(7)4-2-1-3-8-4/h2-8H,16H2,1H3,(H,17,18);2-4H,8-9H2,1H3;1-3H,(H,6,7). The number of anilines is 4. The molecule has 0 aliphatic rings. The Bertz CT molecular complexity index is 1290. The number of hydrogen-bond acceptors (Lipinski definition) is 6. The summed E-state index contributed by atoms with van der Waals surface area (Å²) < 4.78 is 17.9. The molecule has 0 aliphatic carbocycles. The molecule has 8 N–H and O–H groups in total. The molecule has 0 bridgehead atoms. The molecule has 0 unspecified atom stereocenters. The van der Waals surface area contributed by atoms with E-state index < -0.39 is 17.7 Å². The van der Waals surface area contributed by atoms with Crippen molar-refractivity contribution in [3.8, 4) is 0 Å². The minimum Gasteiger partial charge on any atom is -0.475 e. The highest BCUT2D eigenvalue weighted by Gasteiger charge is 2.11. The molecule has 0 radical (unpaired) electrons. The Labute approximate surface area is 202 Å². The molecule has 1 aromatic heterocycles. The number of aryl methyl sites for hydroxylation is 2. The fourth-order valence-corrected chi connectivity index (χ4v) is 2.70. The SMILES string of the molecule is Cc1cc(N)ccc1N.Cc1cc(NC(=O)c2ccccc2F)ccc1N.O=C(O)c1ccco1. The van der Waals surface area contributed by atoms with Crippen LogP contribution in [0, 0.1) is 19.7 Å². The van der Waals surface area contributed by atoms with Crippen LogP contribution in [0.25, 0.3) is 0 Å². The third-order valence-corrected chi connectivity index (χ3v) is 4.67. The van der Waals surface area contributed by atoms with E-state index in [1.165, 1.54) is 30.5 Å². The third kappa shape index (κ3) is 8.25. The summed E-state index contributed by atoms with van der Waals surface area (Å²) in [5.41, 5.74) is 21.4. The van der Waals surface area contributed by atoms with Crippen molar-refractivity contribution in [2.75, 3.05) is 22.5 Å². The summed E-state index contributed by atoms with van der Waals surface area (Å²) in [6.07, 6.45) is 1.32. The molecule has 0 aliphatic heterocycles. The number of carboxylic acid groups (broad SMARTS) is 1. The number of aromatic carboxylic acids is 1. The first kappa shape index (κ1) is 26.5. The Morgan fingerprint density at radius 2 is 1.49 bits per heavy atom. The van der Waals surface area contributed by atoms with E-state index in [0.717, 1.165) is 22.5 Å². The van der Waals surface area contributed by atoms with Gasteiger partial charge in [0.05, 0.1) is 11.8 Å². The molecule has 1 amide bonds. The summed E-state index contributed by atoms with van der Waals surface area (Å²) in [7, 11) is 0. The van der Waals surface area contributed by atoms with Crippen LogP contribution in [0.5, 0.6) is 0 Å². The van der Waals surface area contributed by atoms with Crippen LogP contribution in [0.1, 0.15) is 32.0 Å². The van der Waals surface area contributed by atoms with Crippen molar-refractivity contribution in [1.82, 2.24) is 0 Å².